The number of phosphoric acid groups is 1. The van der Waals surface area contributed by atoms with Gasteiger partial charge in [0, 0.05) is 19.4 Å². The topological polar surface area (TPSA) is 134 Å². The summed E-state index contributed by atoms with van der Waals surface area (Å²) in [6.07, 6.45) is 52.3. The van der Waals surface area contributed by atoms with Gasteiger partial charge in [-0.1, -0.05) is 189 Å². The summed E-state index contributed by atoms with van der Waals surface area (Å²) in [7, 11) is -4.40. The van der Waals surface area contributed by atoms with E-state index in [1.54, 1.807) is 0 Å². The first-order valence-electron chi connectivity index (χ1n) is 22.4. The van der Waals surface area contributed by atoms with Gasteiger partial charge in [0.2, 0.25) is 0 Å². The van der Waals surface area contributed by atoms with E-state index in [9.17, 15) is 19.0 Å². The Morgan fingerprint density at radius 3 is 1.40 bits per heavy atom. The third-order valence-electron chi connectivity index (χ3n) is 9.12. The first-order chi connectivity index (χ1) is 27.8. The number of hydrogen-bond acceptors (Lipinski definition) is 8. The van der Waals surface area contributed by atoms with Crippen LogP contribution >= 0.6 is 7.82 Å². The fourth-order valence-electron chi connectivity index (χ4n) is 5.84. The minimum Gasteiger partial charge on any atom is -0.462 e. The van der Waals surface area contributed by atoms with Crippen molar-refractivity contribution < 1.29 is 37.6 Å². The molecule has 9 nitrogen and oxygen atoms in total. The first kappa shape index (κ1) is 54.5. The van der Waals surface area contributed by atoms with Crippen molar-refractivity contribution in [3.63, 3.8) is 0 Å². The molecule has 0 radical (unpaired) electrons. The van der Waals surface area contributed by atoms with E-state index in [4.69, 9.17) is 24.3 Å². The van der Waals surface area contributed by atoms with Crippen molar-refractivity contribution in [1.82, 2.24) is 0 Å². The Hall–Kier alpha value is -2.55. The summed E-state index contributed by atoms with van der Waals surface area (Å²) in [4.78, 5) is 34.9. The summed E-state index contributed by atoms with van der Waals surface area (Å²) < 4.78 is 32.7. The minimum absolute atomic E-state index is 0.0417. The van der Waals surface area contributed by atoms with Crippen molar-refractivity contribution in [2.24, 2.45) is 5.73 Å². The fraction of sp³-hybridized carbons (Fsp3) is 0.702. The van der Waals surface area contributed by atoms with Gasteiger partial charge in [0.05, 0.1) is 13.2 Å². The van der Waals surface area contributed by atoms with Crippen molar-refractivity contribution in [2.75, 3.05) is 26.4 Å². The van der Waals surface area contributed by atoms with Crippen LogP contribution in [0.25, 0.3) is 0 Å². The number of allylic oxidation sites excluding steroid dienone is 12. The molecule has 0 saturated carbocycles. The van der Waals surface area contributed by atoms with Crippen molar-refractivity contribution in [1.29, 1.82) is 0 Å². The Balaban J connectivity index is 4.25. The quantitative estimate of drug-likeness (QED) is 0.0267. The first-order valence-corrected chi connectivity index (χ1v) is 23.9. The van der Waals surface area contributed by atoms with Gasteiger partial charge in [-0.3, -0.25) is 18.6 Å². The predicted octanol–water partition coefficient (Wildman–Crippen LogP) is 13.1. The molecule has 0 fully saturated rings. The van der Waals surface area contributed by atoms with Crippen LogP contribution < -0.4 is 5.73 Å². The van der Waals surface area contributed by atoms with Gasteiger partial charge < -0.3 is 20.1 Å². The van der Waals surface area contributed by atoms with Crippen LogP contribution in [0.2, 0.25) is 0 Å². The van der Waals surface area contributed by atoms with Crippen molar-refractivity contribution in [3.8, 4) is 0 Å². The zero-order valence-corrected chi connectivity index (χ0v) is 36.9. The third-order valence-corrected chi connectivity index (χ3v) is 10.1. The standard InChI is InChI=1S/C47H82NO8P/c1-3-5-7-9-11-13-15-17-19-21-22-24-25-27-29-31-33-35-37-39-46(49)53-43-45(44-55-57(51,52)54-42-41-48)56-47(50)40-38-36-34-32-30-28-26-23-20-18-16-14-12-10-8-6-4-2/h5,7,11,13,17,19,22,24,27,29,33,35,45H,3-4,6,8-10,12,14-16,18,20-21,23,25-26,28,30-32,34,36-44,48H2,1-2H3,(H,51,52)/t45-/m1/s1. The predicted molar refractivity (Wildman–Crippen MR) is 238 cm³/mol. The highest BCUT2D eigenvalue weighted by molar-refractivity contribution is 7.47. The molecule has 0 rings (SSSR count). The van der Waals surface area contributed by atoms with Crippen LogP contribution in [0.1, 0.15) is 181 Å². The van der Waals surface area contributed by atoms with Crippen molar-refractivity contribution >= 4 is 19.8 Å². The summed E-state index contributed by atoms with van der Waals surface area (Å²) in [6, 6.07) is 0. The number of ether oxygens (including phenoxy) is 2. The SMILES string of the molecule is CCC=CCC=CCC=CCC=CCC=CCC=CCCC(=O)OC[C@H](COP(=O)(O)OCCN)OC(=O)CCCCCCCCCCCCCCCCCCC. The lowest BCUT2D eigenvalue weighted by molar-refractivity contribution is -0.161. The van der Waals surface area contributed by atoms with Gasteiger partial charge in [-0.25, -0.2) is 4.57 Å². The summed E-state index contributed by atoms with van der Waals surface area (Å²) in [5.41, 5.74) is 5.35. The molecule has 0 aliphatic rings. The molecule has 0 bridgehead atoms. The molecule has 0 aliphatic heterocycles. The molecule has 0 amide bonds. The molecule has 0 aromatic rings. The van der Waals surface area contributed by atoms with E-state index in [2.05, 4.69) is 74.6 Å². The smallest absolute Gasteiger partial charge is 0.462 e. The van der Waals surface area contributed by atoms with E-state index in [-0.39, 0.29) is 32.6 Å². The van der Waals surface area contributed by atoms with Crippen LogP contribution in [-0.4, -0.2) is 49.3 Å². The number of hydrogen-bond donors (Lipinski definition) is 2. The lowest BCUT2D eigenvalue weighted by Gasteiger charge is -2.19. The fourth-order valence-corrected chi connectivity index (χ4v) is 6.60. The molecule has 0 aromatic carbocycles. The average molecular weight is 820 g/mol. The molecule has 57 heavy (non-hydrogen) atoms. The largest absolute Gasteiger partial charge is 0.472 e. The second kappa shape index (κ2) is 43.0. The maximum atomic E-state index is 12.6. The number of nitrogens with two attached hydrogens (primary N) is 1. The van der Waals surface area contributed by atoms with E-state index in [1.807, 2.05) is 12.2 Å². The molecule has 10 heteroatoms. The lowest BCUT2D eigenvalue weighted by Crippen LogP contribution is -2.29. The summed E-state index contributed by atoms with van der Waals surface area (Å²) in [5.74, 6) is -0.926. The number of carbonyl (C=O) groups is 2. The number of carbonyl (C=O) groups excluding carboxylic acids is 2. The molecule has 2 atom stereocenters. The molecular weight excluding hydrogens is 737 g/mol. The van der Waals surface area contributed by atoms with E-state index in [0.717, 1.165) is 57.8 Å². The Labute approximate surface area is 348 Å². The molecular formula is C47H82NO8P. The van der Waals surface area contributed by atoms with E-state index in [1.165, 1.54) is 83.5 Å². The Kier molecular flexibility index (Phi) is 41.1. The van der Waals surface area contributed by atoms with Crippen LogP contribution in [0.5, 0.6) is 0 Å². The molecule has 0 aromatic heterocycles. The zero-order valence-electron chi connectivity index (χ0n) is 36.0. The van der Waals surface area contributed by atoms with Crippen LogP contribution in [0.4, 0.5) is 0 Å². The van der Waals surface area contributed by atoms with Crippen molar-refractivity contribution in [2.45, 2.75) is 187 Å². The Bertz CT molecular complexity index is 1160. The molecule has 1 unspecified atom stereocenters. The monoisotopic (exact) mass is 820 g/mol. The number of phosphoric ester groups is 1. The molecule has 0 aliphatic carbocycles. The van der Waals surface area contributed by atoms with E-state index >= 15 is 0 Å². The highest BCUT2D eigenvalue weighted by Gasteiger charge is 2.25. The number of unbranched alkanes of at least 4 members (excludes halogenated alkanes) is 16. The van der Waals surface area contributed by atoms with Crippen LogP contribution in [-0.2, 0) is 32.7 Å². The lowest BCUT2D eigenvalue weighted by atomic mass is 10.0. The molecule has 3 N–H and O–H groups in total. The molecule has 328 valence electrons. The Morgan fingerprint density at radius 1 is 0.544 bits per heavy atom. The second-order valence-electron chi connectivity index (χ2n) is 14.5. The van der Waals surface area contributed by atoms with Gasteiger partial charge in [0.25, 0.3) is 0 Å². The van der Waals surface area contributed by atoms with Gasteiger partial charge in [-0.2, -0.15) is 0 Å². The second-order valence-corrected chi connectivity index (χ2v) is 16.0. The van der Waals surface area contributed by atoms with Crippen LogP contribution in [0.3, 0.4) is 0 Å². The van der Waals surface area contributed by atoms with Crippen LogP contribution in [0.15, 0.2) is 72.9 Å². The maximum absolute atomic E-state index is 12.6. The molecule has 0 heterocycles. The number of esters is 2. The van der Waals surface area contributed by atoms with Gasteiger partial charge in [-0.05, 0) is 51.4 Å². The van der Waals surface area contributed by atoms with E-state index in [0.29, 0.717) is 12.8 Å². The maximum Gasteiger partial charge on any atom is 0.472 e. The minimum atomic E-state index is -4.40. The molecule has 0 spiro atoms. The van der Waals surface area contributed by atoms with Crippen LogP contribution in [0, 0.1) is 0 Å². The zero-order chi connectivity index (χ0) is 41.8. The van der Waals surface area contributed by atoms with E-state index < -0.39 is 32.5 Å². The summed E-state index contributed by atoms with van der Waals surface area (Å²) >= 11 is 0. The third kappa shape index (κ3) is 42.9. The summed E-state index contributed by atoms with van der Waals surface area (Å²) in [5, 5.41) is 0. The van der Waals surface area contributed by atoms with Gasteiger partial charge >= 0.3 is 19.8 Å². The molecule has 0 saturated heterocycles. The van der Waals surface area contributed by atoms with Crippen molar-refractivity contribution in [3.05, 3.63) is 72.9 Å². The van der Waals surface area contributed by atoms with Gasteiger partial charge in [0.15, 0.2) is 6.10 Å². The van der Waals surface area contributed by atoms with Gasteiger partial charge in [0.1, 0.15) is 6.61 Å². The summed E-state index contributed by atoms with van der Waals surface area (Å²) in [6.45, 7) is 3.54. The highest BCUT2D eigenvalue weighted by atomic mass is 31.2. The average Bonchev–Trinajstić information content (AvgIpc) is 3.20. The normalized spacial score (nSPS) is 14.0. The number of rotatable bonds is 41. The Morgan fingerprint density at radius 2 is 0.965 bits per heavy atom. The van der Waals surface area contributed by atoms with Gasteiger partial charge in [-0.15, -0.1) is 0 Å². The highest BCUT2D eigenvalue weighted by Crippen LogP contribution is 2.43.